The number of ether oxygens (including phenoxy) is 2. The van der Waals surface area contributed by atoms with Gasteiger partial charge < -0.3 is 14.6 Å². The average Bonchev–Trinajstić information content (AvgIpc) is 2.64. The molecule has 0 heterocycles. The third kappa shape index (κ3) is 5.81. The standard InChI is InChI=1S/C17H18O4S.C2H6/c1-20-13-8-6-12(7-9-13)16(17(18)19)11-22-15-5-3-4-14(10-15)21-2;1-2/h3-10,16H,11H2,1-2H3,(H,18,19);1-2H3. The quantitative estimate of drug-likeness (QED) is 0.736. The molecule has 24 heavy (non-hydrogen) atoms. The van der Waals surface area contributed by atoms with Gasteiger partial charge in [0.2, 0.25) is 0 Å². The predicted molar refractivity (Wildman–Crippen MR) is 98.4 cm³/mol. The number of benzene rings is 2. The summed E-state index contributed by atoms with van der Waals surface area (Å²) in [4.78, 5) is 12.5. The van der Waals surface area contributed by atoms with E-state index in [2.05, 4.69) is 0 Å². The maximum absolute atomic E-state index is 11.5. The molecule has 0 aromatic heterocycles. The zero-order valence-corrected chi connectivity index (χ0v) is 15.3. The molecule has 0 aliphatic heterocycles. The number of carbonyl (C=O) groups is 1. The smallest absolute Gasteiger partial charge is 0.311 e. The van der Waals surface area contributed by atoms with E-state index in [9.17, 15) is 9.90 Å². The Labute approximate surface area is 147 Å². The molecule has 2 rings (SSSR count). The van der Waals surface area contributed by atoms with Gasteiger partial charge in [0.05, 0.1) is 20.1 Å². The summed E-state index contributed by atoms with van der Waals surface area (Å²) in [6.07, 6.45) is 0. The van der Waals surface area contributed by atoms with E-state index in [1.807, 2.05) is 38.1 Å². The molecule has 1 atom stereocenters. The summed E-state index contributed by atoms with van der Waals surface area (Å²) in [7, 11) is 3.20. The van der Waals surface area contributed by atoms with Crippen LogP contribution in [0.2, 0.25) is 0 Å². The van der Waals surface area contributed by atoms with Crippen LogP contribution in [0.5, 0.6) is 11.5 Å². The van der Waals surface area contributed by atoms with Gasteiger partial charge in [0.25, 0.3) is 0 Å². The van der Waals surface area contributed by atoms with Crippen molar-refractivity contribution in [2.45, 2.75) is 24.7 Å². The van der Waals surface area contributed by atoms with Crippen molar-refractivity contribution in [2.24, 2.45) is 0 Å². The molecule has 0 bridgehead atoms. The van der Waals surface area contributed by atoms with E-state index < -0.39 is 11.9 Å². The van der Waals surface area contributed by atoms with Crippen molar-refractivity contribution in [3.05, 3.63) is 54.1 Å². The first-order valence-corrected chi connectivity index (χ1v) is 8.76. The maximum atomic E-state index is 11.5. The number of hydrogen-bond acceptors (Lipinski definition) is 4. The molecular formula is C19H24O4S. The first kappa shape index (κ1) is 19.9. The molecule has 4 nitrogen and oxygen atoms in total. The van der Waals surface area contributed by atoms with Gasteiger partial charge in [0.15, 0.2) is 0 Å². The van der Waals surface area contributed by atoms with Crippen LogP contribution in [0, 0.1) is 0 Å². The Balaban J connectivity index is 0.00000139. The molecule has 2 aromatic rings. The Hall–Kier alpha value is -2.14. The highest BCUT2D eigenvalue weighted by Crippen LogP contribution is 2.29. The molecule has 0 saturated heterocycles. The first-order valence-electron chi connectivity index (χ1n) is 7.77. The zero-order chi connectivity index (χ0) is 17.9. The Morgan fingerprint density at radius 1 is 1.04 bits per heavy atom. The minimum Gasteiger partial charge on any atom is -0.497 e. The lowest BCUT2D eigenvalue weighted by Gasteiger charge is -2.13. The first-order chi connectivity index (χ1) is 11.6. The van der Waals surface area contributed by atoms with Crippen LogP contribution in [0.15, 0.2) is 53.4 Å². The van der Waals surface area contributed by atoms with Crippen LogP contribution in [0.25, 0.3) is 0 Å². The Morgan fingerprint density at radius 2 is 1.67 bits per heavy atom. The summed E-state index contributed by atoms with van der Waals surface area (Å²) in [5.41, 5.74) is 0.767. The van der Waals surface area contributed by atoms with Crippen molar-refractivity contribution >= 4 is 17.7 Å². The number of carboxylic acid groups (broad SMARTS) is 1. The van der Waals surface area contributed by atoms with Gasteiger partial charge >= 0.3 is 5.97 Å². The molecule has 0 fully saturated rings. The van der Waals surface area contributed by atoms with Crippen LogP contribution in [0.3, 0.4) is 0 Å². The zero-order valence-electron chi connectivity index (χ0n) is 14.5. The van der Waals surface area contributed by atoms with Crippen LogP contribution >= 0.6 is 11.8 Å². The summed E-state index contributed by atoms with van der Waals surface area (Å²) in [6.45, 7) is 4.00. The van der Waals surface area contributed by atoms with Gasteiger partial charge in [-0.3, -0.25) is 4.79 Å². The van der Waals surface area contributed by atoms with Crippen molar-refractivity contribution in [2.75, 3.05) is 20.0 Å². The second-order valence-electron chi connectivity index (χ2n) is 4.65. The lowest BCUT2D eigenvalue weighted by atomic mass is 10.0. The lowest BCUT2D eigenvalue weighted by Crippen LogP contribution is -2.14. The van der Waals surface area contributed by atoms with Crippen LogP contribution < -0.4 is 9.47 Å². The van der Waals surface area contributed by atoms with Gasteiger partial charge in [-0.1, -0.05) is 32.0 Å². The number of thioether (sulfide) groups is 1. The Morgan fingerprint density at radius 3 is 2.21 bits per heavy atom. The molecule has 130 valence electrons. The van der Waals surface area contributed by atoms with Crippen molar-refractivity contribution in [1.82, 2.24) is 0 Å². The molecule has 0 radical (unpaired) electrons. The summed E-state index contributed by atoms with van der Waals surface area (Å²) >= 11 is 1.50. The molecule has 0 spiro atoms. The normalized spacial score (nSPS) is 11.0. The Kier molecular flexibility index (Phi) is 8.79. The molecule has 0 saturated carbocycles. The topological polar surface area (TPSA) is 55.8 Å². The molecule has 0 aliphatic rings. The number of methoxy groups -OCH3 is 2. The predicted octanol–water partition coefficient (Wildman–Crippen LogP) is 4.69. The second kappa shape index (κ2) is 10.6. The minimum absolute atomic E-state index is 0.453. The van der Waals surface area contributed by atoms with Gasteiger partial charge in [0, 0.05) is 10.6 Å². The fraction of sp³-hybridized carbons (Fsp3) is 0.316. The molecule has 1 unspecified atom stereocenters. The van der Waals surface area contributed by atoms with Gasteiger partial charge in [-0.25, -0.2) is 0 Å². The second-order valence-corrected chi connectivity index (χ2v) is 5.75. The van der Waals surface area contributed by atoms with E-state index in [0.717, 1.165) is 16.2 Å². The number of carboxylic acids is 1. The lowest BCUT2D eigenvalue weighted by molar-refractivity contribution is -0.138. The molecule has 2 aromatic carbocycles. The van der Waals surface area contributed by atoms with Crippen LogP contribution in [0.4, 0.5) is 0 Å². The van der Waals surface area contributed by atoms with Crippen molar-refractivity contribution in [3.8, 4) is 11.5 Å². The van der Waals surface area contributed by atoms with E-state index in [1.165, 1.54) is 11.8 Å². The van der Waals surface area contributed by atoms with Gasteiger partial charge in [0.1, 0.15) is 11.5 Å². The molecule has 5 heteroatoms. The Bertz CT molecular complexity index is 626. The van der Waals surface area contributed by atoms with E-state index in [4.69, 9.17) is 9.47 Å². The molecule has 0 aliphatic carbocycles. The highest BCUT2D eigenvalue weighted by Gasteiger charge is 2.20. The third-order valence-corrected chi connectivity index (χ3v) is 4.36. The van der Waals surface area contributed by atoms with Crippen LogP contribution in [-0.2, 0) is 4.79 Å². The number of hydrogen-bond donors (Lipinski definition) is 1. The fourth-order valence-corrected chi connectivity index (χ4v) is 3.09. The van der Waals surface area contributed by atoms with Crippen molar-refractivity contribution < 1.29 is 19.4 Å². The maximum Gasteiger partial charge on any atom is 0.311 e. The summed E-state index contributed by atoms with van der Waals surface area (Å²) < 4.78 is 10.3. The number of aliphatic carboxylic acids is 1. The van der Waals surface area contributed by atoms with Crippen LogP contribution in [0.1, 0.15) is 25.3 Å². The number of rotatable bonds is 7. The van der Waals surface area contributed by atoms with Gasteiger partial charge in [-0.15, -0.1) is 11.8 Å². The highest BCUT2D eigenvalue weighted by atomic mass is 32.2. The molecular weight excluding hydrogens is 324 g/mol. The van der Waals surface area contributed by atoms with Crippen molar-refractivity contribution in [1.29, 1.82) is 0 Å². The largest absolute Gasteiger partial charge is 0.497 e. The van der Waals surface area contributed by atoms with E-state index in [-0.39, 0.29) is 0 Å². The van der Waals surface area contributed by atoms with Crippen LogP contribution in [-0.4, -0.2) is 31.0 Å². The molecule has 0 amide bonds. The van der Waals surface area contributed by atoms with Crippen molar-refractivity contribution in [3.63, 3.8) is 0 Å². The fourth-order valence-electron chi connectivity index (χ4n) is 2.02. The summed E-state index contributed by atoms with van der Waals surface area (Å²) in [5.74, 6) is 0.534. The minimum atomic E-state index is -0.833. The average molecular weight is 348 g/mol. The summed E-state index contributed by atoms with van der Waals surface area (Å²) in [5, 5.41) is 9.46. The van der Waals surface area contributed by atoms with Gasteiger partial charge in [-0.05, 0) is 35.9 Å². The monoisotopic (exact) mass is 348 g/mol. The SMILES string of the molecule is CC.COc1ccc(C(CSc2cccc(OC)c2)C(=O)O)cc1. The highest BCUT2D eigenvalue weighted by molar-refractivity contribution is 7.99. The molecule has 1 N–H and O–H groups in total. The van der Waals surface area contributed by atoms with E-state index >= 15 is 0 Å². The van der Waals surface area contributed by atoms with E-state index in [1.54, 1.807) is 38.5 Å². The summed E-state index contributed by atoms with van der Waals surface area (Å²) in [6, 6.07) is 14.8. The van der Waals surface area contributed by atoms with Gasteiger partial charge in [-0.2, -0.15) is 0 Å². The van der Waals surface area contributed by atoms with E-state index in [0.29, 0.717) is 11.5 Å². The third-order valence-electron chi connectivity index (χ3n) is 3.27.